The third kappa shape index (κ3) is 2.71. The van der Waals surface area contributed by atoms with Crippen LogP contribution in [0.15, 0.2) is 29.0 Å². The summed E-state index contributed by atoms with van der Waals surface area (Å²) < 4.78 is 6.79. The predicted molar refractivity (Wildman–Crippen MR) is 77.4 cm³/mol. The molecule has 0 unspecified atom stereocenters. The molecule has 2 aromatic rings. The lowest BCUT2D eigenvalue weighted by atomic mass is 10.1. The van der Waals surface area contributed by atoms with E-state index in [1.165, 1.54) is 5.56 Å². The maximum absolute atomic E-state index is 5.70. The van der Waals surface area contributed by atoms with Crippen LogP contribution in [0.3, 0.4) is 0 Å². The fourth-order valence-electron chi connectivity index (χ4n) is 2.21. The summed E-state index contributed by atoms with van der Waals surface area (Å²) in [5, 5.41) is 3.31. The van der Waals surface area contributed by atoms with Crippen molar-refractivity contribution < 1.29 is 4.74 Å². The first-order valence-corrected chi connectivity index (χ1v) is 6.98. The predicted octanol–water partition coefficient (Wildman–Crippen LogP) is 3.09. The molecule has 19 heavy (non-hydrogen) atoms. The van der Waals surface area contributed by atoms with Gasteiger partial charge in [0.2, 0.25) is 0 Å². The number of rotatable bonds is 3. The second-order valence-corrected chi connectivity index (χ2v) is 5.47. The van der Waals surface area contributed by atoms with Crippen LogP contribution < -0.4 is 10.1 Å². The number of benzene rings is 1. The zero-order valence-electron chi connectivity index (χ0n) is 10.6. The smallest absolute Gasteiger partial charge is 0.129 e. The van der Waals surface area contributed by atoms with Crippen molar-refractivity contribution in [2.75, 3.05) is 11.9 Å². The summed E-state index contributed by atoms with van der Waals surface area (Å²) in [6, 6.07) is 6.14. The molecule has 0 saturated carbocycles. The Kier molecular flexibility index (Phi) is 3.38. The van der Waals surface area contributed by atoms with E-state index in [0.717, 1.165) is 40.3 Å². The highest BCUT2D eigenvalue weighted by molar-refractivity contribution is 9.10. The Balaban J connectivity index is 1.81. The monoisotopic (exact) mass is 319 g/mol. The van der Waals surface area contributed by atoms with Crippen LogP contribution in [-0.4, -0.2) is 16.6 Å². The first-order valence-electron chi connectivity index (χ1n) is 6.19. The van der Waals surface area contributed by atoms with Gasteiger partial charge in [-0.25, -0.2) is 9.97 Å². The van der Waals surface area contributed by atoms with Crippen molar-refractivity contribution in [2.45, 2.75) is 19.9 Å². The van der Waals surface area contributed by atoms with Gasteiger partial charge < -0.3 is 10.1 Å². The number of hydrogen-bond acceptors (Lipinski definition) is 4. The number of aryl methyl sites for hydroxylation is 1. The molecule has 2 heterocycles. The van der Waals surface area contributed by atoms with E-state index < -0.39 is 0 Å². The summed E-state index contributed by atoms with van der Waals surface area (Å²) in [5.74, 6) is 1.85. The lowest BCUT2D eigenvalue weighted by molar-refractivity contribution is 0.354. The van der Waals surface area contributed by atoms with Crippen molar-refractivity contribution in [1.82, 2.24) is 9.97 Å². The van der Waals surface area contributed by atoms with Gasteiger partial charge in [0.15, 0.2) is 0 Å². The van der Waals surface area contributed by atoms with E-state index in [-0.39, 0.29) is 0 Å². The van der Waals surface area contributed by atoms with E-state index in [9.17, 15) is 0 Å². The van der Waals surface area contributed by atoms with Crippen molar-refractivity contribution in [1.29, 1.82) is 0 Å². The minimum atomic E-state index is 0.693. The highest BCUT2D eigenvalue weighted by Crippen LogP contribution is 2.33. The number of anilines is 1. The molecule has 0 fully saturated rings. The second kappa shape index (κ2) is 5.17. The average molecular weight is 320 g/mol. The quantitative estimate of drug-likeness (QED) is 0.944. The number of fused-ring (bicyclic) bond motifs is 1. The lowest BCUT2D eigenvalue weighted by Gasteiger charge is -2.10. The van der Waals surface area contributed by atoms with Gasteiger partial charge in [-0.15, -0.1) is 0 Å². The van der Waals surface area contributed by atoms with Crippen LogP contribution >= 0.6 is 15.9 Å². The van der Waals surface area contributed by atoms with E-state index in [0.29, 0.717) is 6.54 Å². The molecule has 0 saturated heterocycles. The number of ether oxygens (including phenoxy) is 1. The van der Waals surface area contributed by atoms with E-state index in [2.05, 4.69) is 43.3 Å². The molecular formula is C14H14BrN3O. The van der Waals surface area contributed by atoms with Crippen LogP contribution in [0, 0.1) is 6.92 Å². The molecule has 0 spiro atoms. The lowest BCUT2D eigenvalue weighted by Crippen LogP contribution is -2.03. The molecular weight excluding hydrogens is 306 g/mol. The van der Waals surface area contributed by atoms with E-state index in [1.54, 1.807) is 6.33 Å². The number of aromatic nitrogens is 2. The molecule has 0 radical (unpaired) electrons. The Hall–Kier alpha value is -1.62. The maximum atomic E-state index is 5.70. The number of halogens is 1. The molecule has 1 aliphatic rings. The second-order valence-electron chi connectivity index (χ2n) is 4.55. The zero-order chi connectivity index (χ0) is 13.2. The van der Waals surface area contributed by atoms with Gasteiger partial charge in [0.05, 0.1) is 6.61 Å². The molecule has 0 amide bonds. The van der Waals surface area contributed by atoms with Gasteiger partial charge >= 0.3 is 0 Å². The Morgan fingerprint density at radius 3 is 3.05 bits per heavy atom. The Morgan fingerprint density at radius 1 is 1.32 bits per heavy atom. The molecule has 5 heteroatoms. The molecule has 3 rings (SSSR count). The van der Waals surface area contributed by atoms with Gasteiger partial charge in [-0.3, -0.25) is 0 Å². The number of nitrogens with zero attached hydrogens (tertiary/aromatic N) is 2. The van der Waals surface area contributed by atoms with Gasteiger partial charge in [0.25, 0.3) is 0 Å². The molecule has 1 aliphatic heterocycles. The van der Waals surface area contributed by atoms with Gasteiger partial charge in [0, 0.05) is 34.8 Å². The summed E-state index contributed by atoms with van der Waals surface area (Å²) in [4.78, 5) is 8.28. The minimum absolute atomic E-state index is 0.693. The molecule has 0 aliphatic carbocycles. The number of nitrogens with one attached hydrogen (secondary N) is 1. The van der Waals surface area contributed by atoms with Gasteiger partial charge in [0.1, 0.15) is 17.9 Å². The number of hydrogen-bond donors (Lipinski definition) is 1. The highest BCUT2D eigenvalue weighted by Gasteiger charge is 2.17. The van der Waals surface area contributed by atoms with Gasteiger partial charge in [-0.1, -0.05) is 15.9 Å². The summed E-state index contributed by atoms with van der Waals surface area (Å²) in [6.07, 6.45) is 2.55. The molecule has 98 valence electrons. The molecule has 0 atom stereocenters. The summed E-state index contributed by atoms with van der Waals surface area (Å²) in [5.41, 5.74) is 3.37. The SMILES string of the molecule is Cc1cc(NCc2cc(Br)cc3c2OCC3)ncn1. The molecule has 1 aromatic heterocycles. The normalized spacial score (nSPS) is 12.9. The summed E-state index contributed by atoms with van der Waals surface area (Å²) >= 11 is 3.54. The third-order valence-electron chi connectivity index (χ3n) is 3.09. The van der Waals surface area contributed by atoms with E-state index >= 15 is 0 Å². The van der Waals surface area contributed by atoms with Crippen molar-refractivity contribution in [3.63, 3.8) is 0 Å². The Bertz CT molecular complexity index is 616. The van der Waals surface area contributed by atoms with Crippen molar-refractivity contribution >= 4 is 21.7 Å². The summed E-state index contributed by atoms with van der Waals surface area (Å²) in [6.45, 7) is 3.41. The Morgan fingerprint density at radius 2 is 2.21 bits per heavy atom. The molecule has 1 aromatic carbocycles. The van der Waals surface area contributed by atoms with Crippen LogP contribution in [0.1, 0.15) is 16.8 Å². The van der Waals surface area contributed by atoms with Gasteiger partial charge in [-0.05, 0) is 24.6 Å². The first-order chi connectivity index (χ1) is 9.22. The maximum Gasteiger partial charge on any atom is 0.129 e. The Labute approximate surface area is 120 Å². The van der Waals surface area contributed by atoms with Crippen LogP contribution in [0.5, 0.6) is 5.75 Å². The fraction of sp³-hybridized carbons (Fsp3) is 0.286. The first kappa shape index (κ1) is 12.4. The van der Waals surface area contributed by atoms with Crippen LogP contribution in [-0.2, 0) is 13.0 Å². The van der Waals surface area contributed by atoms with Gasteiger partial charge in [-0.2, -0.15) is 0 Å². The average Bonchev–Trinajstić information content (AvgIpc) is 2.84. The van der Waals surface area contributed by atoms with Crippen LogP contribution in [0.25, 0.3) is 0 Å². The van der Waals surface area contributed by atoms with Crippen molar-refractivity contribution in [3.8, 4) is 5.75 Å². The molecule has 0 bridgehead atoms. The van der Waals surface area contributed by atoms with Crippen LogP contribution in [0.2, 0.25) is 0 Å². The largest absolute Gasteiger partial charge is 0.493 e. The van der Waals surface area contributed by atoms with Crippen molar-refractivity contribution in [2.24, 2.45) is 0 Å². The highest BCUT2D eigenvalue weighted by atomic mass is 79.9. The van der Waals surface area contributed by atoms with Crippen molar-refractivity contribution in [3.05, 3.63) is 45.8 Å². The van der Waals surface area contributed by atoms with Crippen LogP contribution in [0.4, 0.5) is 5.82 Å². The summed E-state index contributed by atoms with van der Waals surface area (Å²) in [7, 11) is 0. The molecule has 4 nitrogen and oxygen atoms in total. The molecule has 1 N–H and O–H groups in total. The van der Waals surface area contributed by atoms with E-state index in [4.69, 9.17) is 4.74 Å². The topological polar surface area (TPSA) is 47.0 Å². The van der Waals surface area contributed by atoms with E-state index in [1.807, 2.05) is 13.0 Å². The zero-order valence-corrected chi connectivity index (χ0v) is 12.2. The third-order valence-corrected chi connectivity index (χ3v) is 3.55. The standard InChI is InChI=1S/C14H14BrN3O/c1-9-4-13(18-8-17-9)16-7-11-6-12(15)5-10-2-3-19-14(10)11/h4-6,8H,2-3,7H2,1H3,(H,16,17,18). The minimum Gasteiger partial charge on any atom is -0.493 e. The fourth-order valence-corrected chi connectivity index (χ4v) is 2.77.